The Hall–Kier alpha value is -2.68. The Morgan fingerprint density at radius 1 is 1.40 bits per heavy atom. The van der Waals surface area contributed by atoms with Gasteiger partial charge in [-0.05, 0) is 18.1 Å². The minimum Gasteiger partial charge on any atom is -0.281 e. The van der Waals surface area contributed by atoms with Crippen LogP contribution in [0.4, 0.5) is 5.69 Å². The van der Waals surface area contributed by atoms with Gasteiger partial charge in [-0.3, -0.25) is 15.1 Å². The van der Waals surface area contributed by atoms with Gasteiger partial charge in [0.25, 0.3) is 5.69 Å². The van der Waals surface area contributed by atoms with Crippen molar-refractivity contribution in [3.05, 3.63) is 52.1 Å². The molecule has 0 aromatic heterocycles. The summed E-state index contributed by atoms with van der Waals surface area (Å²) < 4.78 is 0. The summed E-state index contributed by atoms with van der Waals surface area (Å²) in [5.74, 6) is -0.108. The van der Waals surface area contributed by atoms with Crippen molar-refractivity contribution in [3.63, 3.8) is 0 Å². The van der Waals surface area contributed by atoms with E-state index in [0.717, 1.165) is 5.56 Å². The van der Waals surface area contributed by atoms with E-state index in [1.807, 2.05) is 17.2 Å². The number of nitrogens with zero attached hydrogens (tertiary/aromatic N) is 4. The first-order valence-electron chi connectivity index (χ1n) is 6.34. The molecule has 0 bridgehead atoms. The van der Waals surface area contributed by atoms with Crippen LogP contribution < -0.4 is 0 Å². The minimum absolute atomic E-state index is 0.00773. The smallest absolute Gasteiger partial charge is 0.269 e. The van der Waals surface area contributed by atoms with Crippen molar-refractivity contribution < 1.29 is 4.92 Å². The van der Waals surface area contributed by atoms with Crippen molar-refractivity contribution in [2.75, 3.05) is 0 Å². The van der Waals surface area contributed by atoms with E-state index in [1.54, 1.807) is 18.3 Å². The van der Waals surface area contributed by atoms with E-state index in [9.17, 15) is 15.4 Å². The molecule has 3 atom stereocenters. The second kappa shape index (κ2) is 4.78. The molecule has 0 spiro atoms. The van der Waals surface area contributed by atoms with Crippen LogP contribution in [-0.4, -0.2) is 22.2 Å². The lowest BCUT2D eigenvalue weighted by Crippen LogP contribution is -2.29. The van der Waals surface area contributed by atoms with Crippen LogP contribution in [0.5, 0.6) is 0 Å². The number of nitro groups is 1. The van der Waals surface area contributed by atoms with Crippen LogP contribution in [0.3, 0.4) is 0 Å². The fourth-order valence-corrected chi connectivity index (χ4v) is 2.77. The van der Waals surface area contributed by atoms with Crippen LogP contribution in [0.2, 0.25) is 0 Å². The fourth-order valence-electron chi connectivity index (χ4n) is 2.77. The first kappa shape index (κ1) is 12.4. The number of fused-ring (bicyclic) bond motifs is 1. The monoisotopic (exact) mass is 268 g/mol. The van der Waals surface area contributed by atoms with E-state index < -0.39 is 4.92 Å². The van der Waals surface area contributed by atoms with Gasteiger partial charge in [-0.25, -0.2) is 0 Å². The van der Waals surface area contributed by atoms with E-state index in [-0.39, 0.29) is 23.7 Å². The van der Waals surface area contributed by atoms with Crippen LogP contribution in [0, 0.1) is 27.4 Å². The van der Waals surface area contributed by atoms with Crippen LogP contribution >= 0.6 is 0 Å². The molecule has 6 nitrogen and oxygen atoms in total. The van der Waals surface area contributed by atoms with Crippen molar-refractivity contribution in [3.8, 4) is 6.07 Å². The largest absolute Gasteiger partial charge is 0.281 e. The molecule has 20 heavy (non-hydrogen) atoms. The van der Waals surface area contributed by atoms with Crippen molar-refractivity contribution in [2.45, 2.75) is 18.5 Å². The molecule has 0 radical (unpaired) electrons. The Labute approximate surface area is 115 Å². The molecule has 0 N–H and O–H groups in total. The Balaban J connectivity index is 1.90. The molecule has 1 saturated heterocycles. The van der Waals surface area contributed by atoms with E-state index >= 15 is 0 Å². The van der Waals surface area contributed by atoms with E-state index in [1.165, 1.54) is 12.1 Å². The SMILES string of the molecule is N#CC1CC(c2ccc([N+](=O)[O-])cc2)N2N=CC=CC12. The second-order valence-electron chi connectivity index (χ2n) is 4.86. The summed E-state index contributed by atoms with van der Waals surface area (Å²) in [5, 5.41) is 26.2. The predicted octanol–water partition coefficient (Wildman–Crippen LogP) is 2.41. The third-order valence-corrected chi connectivity index (χ3v) is 3.76. The molecular formula is C14H12N4O2. The highest BCUT2D eigenvalue weighted by molar-refractivity contribution is 5.72. The summed E-state index contributed by atoms with van der Waals surface area (Å²) in [5.41, 5.74) is 1.02. The van der Waals surface area contributed by atoms with E-state index in [2.05, 4.69) is 11.2 Å². The summed E-state index contributed by atoms with van der Waals surface area (Å²) in [6, 6.07) is 8.77. The zero-order valence-electron chi connectivity index (χ0n) is 10.6. The standard InChI is InChI=1S/C14H12N4O2/c15-9-11-8-14(17-13(11)2-1-7-16-17)10-3-5-12(6-4-10)18(19)20/h1-7,11,13-14H,8H2. The Kier molecular flexibility index (Phi) is 2.95. The molecule has 6 heteroatoms. The number of benzene rings is 1. The fraction of sp³-hybridized carbons (Fsp3) is 0.286. The molecular weight excluding hydrogens is 256 g/mol. The number of non-ortho nitro benzene ring substituents is 1. The van der Waals surface area contributed by atoms with Gasteiger partial charge in [0.2, 0.25) is 0 Å². The Bertz CT molecular complexity index is 630. The Morgan fingerprint density at radius 3 is 2.80 bits per heavy atom. The van der Waals surface area contributed by atoms with Gasteiger partial charge in [0.15, 0.2) is 0 Å². The highest BCUT2D eigenvalue weighted by atomic mass is 16.6. The number of nitro benzene ring substituents is 1. The maximum absolute atomic E-state index is 10.7. The normalized spacial score (nSPS) is 27.1. The summed E-state index contributed by atoms with van der Waals surface area (Å²) in [7, 11) is 0. The topological polar surface area (TPSA) is 82.5 Å². The third-order valence-electron chi connectivity index (χ3n) is 3.76. The number of hydrogen-bond donors (Lipinski definition) is 0. The number of nitriles is 1. The minimum atomic E-state index is -0.416. The molecule has 1 aromatic rings. The molecule has 1 aromatic carbocycles. The average Bonchev–Trinajstić information content (AvgIpc) is 2.86. The maximum atomic E-state index is 10.7. The lowest BCUT2D eigenvalue weighted by Gasteiger charge is -2.27. The zero-order valence-corrected chi connectivity index (χ0v) is 10.6. The quantitative estimate of drug-likeness (QED) is 0.609. The first-order chi connectivity index (χ1) is 9.70. The van der Waals surface area contributed by atoms with Crippen molar-refractivity contribution >= 4 is 11.9 Å². The lowest BCUT2D eigenvalue weighted by molar-refractivity contribution is -0.384. The number of rotatable bonds is 2. The van der Waals surface area contributed by atoms with Crippen LogP contribution in [0.25, 0.3) is 0 Å². The molecule has 2 aliphatic heterocycles. The van der Waals surface area contributed by atoms with Crippen LogP contribution in [0.15, 0.2) is 41.5 Å². The number of hydrogen-bond acceptors (Lipinski definition) is 5. The zero-order chi connectivity index (χ0) is 14.1. The van der Waals surface area contributed by atoms with Crippen LogP contribution in [-0.2, 0) is 0 Å². The van der Waals surface area contributed by atoms with Crippen molar-refractivity contribution in [1.82, 2.24) is 5.01 Å². The molecule has 2 heterocycles. The molecule has 2 aliphatic rings. The van der Waals surface area contributed by atoms with Gasteiger partial charge < -0.3 is 0 Å². The van der Waals surface area contributed by atoms with Gasteiger partial charge in [-0.1, -0.05) is 18.2 Å². The van der Waals surface area contributed by atoms with Crippen LogP contribution in [0.1, 0.15) is 18.0 Å². The van der Waals surface area contributed by atoms with Gasteiger partial charge in [-0.2, -0.15) is 10.4 Å². The highest BCUT2D eigenvalue weighted by Crippen LogP contribution is 2.41. The summed E-state index contributed by atoms with van der Waals surface area (Å²) in [6.45, 7) is 0. The second-order valence-corrected chi connectivity index (χ2v) is 4.86. The highest BCUT2D eigenvalue weighted by Gasteiger charge is 2.41. The molecule has 0 amide bonds. The van der Waals surface area contributed by atoms with Crippen molar-refractivity contribution in [2.24, 2.45) is 11.0 Å². The van der Waals surface area contributed by atoms with Crippen molar-refractivity contribution in [1.29, 1.82) is 5.26 Å². The third kappa shape index (κ3) is 1.93. The molecule has 0 saturated carbocycles. The molecule has 1 fully saturated rings. The van der Waals surface area contributed by atoms with E-state index in [4.69, 9.17) is 0 Å². The average molecular weight is 268 g/mol. The number of hydrazone groups is 1. The molecule has 3 rings (SSSR count). The lowest BCUT2D eigenvalue weighted by atomic mass is 9.97. The van der Waals surface area contributed by atoms with E-state index in [0.29, 0.717) is 6.42 Å². The van der Waals surface area contributed by atoms with Gasteiger partial charge in [0, 0.05) is 18.3 Å². The number of allylic oxidation sites excluding steroid dienone is 1. The van der Waals surface area contributed by atoms with Gasteiger partial charge >= 0.3 is 0 Å². The Morgan fingerprint density at radius 2 is 2.15 bits per heavy atom. The maximum Gasteiger partial charge on any atom is 0.269 e. The van der Waals surface area contributed by atoms with Gasteiger partial charge in [-0.15, -0.1) is 0 Å². The molecule has 100 valence electrons. The first-order valence-corrected chi connectivity index (χ1v) is 6.34. The summed E-state index contributed by atoms with van der Waals surface area (Å²) >= 11 is 0. The summed E-state index contributed by atoms with van der Waals surface area (Å²) in [6.07, 6.45) is 6.21. The van der Waals surface area contributed by atoms with Gasteiger partial charge in [0.05, 0.1) is 29.0 Å². The van der Waals surface area contributed by atoms with Gasteiger partial charge in [0.1, 0.15) is 0 Å². The molecule has 3 unspecified atom stereocenters. The molecule has 0 aliphatic carbocycles. The predicted molar refractivity (Wildman–Crippen MR) is 72.8 cm³/mol. The summed E-state index contributed by atoms with van der Waals surface area (Å²) in [4.78, 5) is 10.3.